The van der Waals surface area contributed by atoms with Crippen LogP contribution in [-0.4, -0.2) is 5.11 Å². The standard InChI is InChI=1S/C14H17N3O/c15-7-9-1-2-11(8-16)12(5-9)10-3-4-13(17)14(18)6-10/h1-6,18H,7-8,15-17H2/p+1. The number of anilines is 1. The maximum Gasteiger partial charge on any atom is 0.277 e. The van der Waals surface area contributed by atoms with Crippen LogP contribution in [0.25, 0.3) is 11.1 Å². The van der Waals surface area contributed by atoms with Gasteiger partial charge in [0.25, 0.3) is 5.75 Å². The van der Waals surface area contributed by atoms with Crippen molar-refractivity contribution in [2.75, 3.05) is 5.73 Å². The lowest BCUT2D eigenvalue weighted by Gasteiger charge is -2.10. The van der Waals surface area contributed by atoms with Crippen molar-refractivity contribution >= 4 is 5.69 Å². The van der Waals surface area contributed by atoms with E-state index in [1.807, 2.05) is 24.3 Å². The summed E-state index contributed by atoms with van der Waals surface area (Å²) in [5.41, 5.74) is 21.6. The van der Waals surface area contributed by atoms with Crippen molar-refractivity contribution in [3.8, 4) is 16.9 Å². The highest BCUT2D eigenvalue weighted by atomic mass is 16.3. The predicted molar refractivity (Wildman–Crippen MR) is 75.1 cm³/mol. The third kappa shape index (κ3) is 2.30. The maximum absolute atomic E-state index is 7.75. The number of hydrogen-bond donors (Lipinski definition) is 3. The molecule has 0 saturated heterocycles. The van der Waals surface area contributed by atoms with E-state index in [1.54, 1.807) is 12.1 Å². The number of nitrogens with two attached hydrogens (primary N) is 3. The Bertz CT molecular complexity index is 567. The highest BCUT2D eigenvalue weighted by Gasteiger charge is 2.09. The van der Waals surface area contributed by atoms with Gasteiger partial charge in [-0.15, -0.1) is 0 Å². The van der Waals surface area contributed by atoms with E-state index >= 15 is 0 Å². The molecule has 2 aromatic carbocycles. The Hall–Kier alpha value is -2.04. The second-order valence-corrected chi connectivity index (χ2v) is 4.20. The van der Waals surface area contributed by atoms with Crippen LogP contribution in [0.4, 0.5) is 5.69 Å². The van der Waals surface area contributed by atoms with E-state index in [1.165, 1.54) is 0 Å². The minimum Gasteiger partial charge on any atom is -0.592 e. The molecule has 4 nitrogen and oxygen atoms in total. The molecular formula is C14H18N3O+. The minimum atomic E-state index is 0.327. The zero-order valence-electron chi connectivity index (χ0n) is 10.1. The Labute approximate surface area is 106 Å². The molecule has 0 amide bonds. The Morgan fingerprint density at radius 1 is 0.944 bits per heavy atom. The Morgan fingerprint density at radius 3 is 2.33 bits per heavy atom. The summed E-state index contributed by atoms with van der Waals surface area (Å²) in [5.74, 6) is 0.327. The average Bonchev–Trinajstić information content (AvgIpc) is 2.41. The normalized spacial score (nSPS) is 10.6. The highest BCUT2D eigenvalue weighted by molar-refractivity contribution is 5.72. The summed E-state index contributed by atoms with van der Waals surface area (Å²) in [7, 11) is 0. The first-order chi connectivity index (χ1) is 8.65. The van der Waals surface area contributed by atoms with Gasteiger partial charge in [0.2, 0.25) is 0 Å². The summed E-state index contributed by atoms with van der Waals surface area (Å²) in [6, 6.07) is 11.4. The van der Waals surface area contributed by atoms with Crippen molar-refractivity contribution in [1.82, 2.24) is 0 Å². The van der Waals surface area contributed by atoms with Gasteiger partial charge in [-0.3, -0.25) is 0 Å². The fraction of sp³-hybridized carbons (Fsp3) is 0.143. The smallest absolute Gasteiger partial charge is 0.277 e. The molecule has 0 aliphatic rings. The molecule has 0 unspecified atom stereocenters. The van der Waals surface area contributed by atoms with Crippen LogP contribution in [0.2, 0.25) is 0 Å². The molecule has 0 bridgehead atoms. The molecule has 0 aliphatic carbocycles. The number of rotatable bonds is 3. The Kier molecular flexibility index (Phi) is 3.50. The van der Waals surface area contributed by atoms with Gasteiger partial charge < -0.3 is 22.3 Å². The zero-order valence-corrected chi connectivity index (χ0v) is 10.1. The lowest BCUT2D eigenvalue weighted by Crippen LogP contribution is -2.02. The van der Waals surface area contributed by atoms with Crippen LogP contribution in [0, 0.1) is 0 Å². The molecule has 4 heteroatoms. The van der Waals surface area contributed by atoms with E-state index in [0.717, 1.165) is 22.3 Å². The average molecular weight is 244 g/mol. The van der Waals surface area contributed by atoms with E-state index in [9.17, 15) is 0 Å². The molecule has 8 N–H and O–H groups in total. The third-order valence-corrected chi connectivity index (χ3v) is 2.99. The molecule has 94 valence electrons. The lowest BCUT2D eigenvalue weighted by atomic mass is 9.97. The largest absolute Gasteiger partial charge is 0.592 e. The van der Waals surface area contributed by atoms with Crippen LogP contribution in [0.1, 0.15) is 11.1 Å². The van der Waals surface area contributed by atoms with E-state index in [2.05, 4.69) is 0 Å². The van der Waals surface area contributed by atoms with E-state index in [4.69, 9.17) is 22.3 Å². The fourth-order valence-electron chi connectivity index (χ4n) is 1.92. The van der Waals surface area contributed by atoms with E-state index in [-0.39, 0.29) is 0 Å². The fourth-order valence-corrected chi connectivity index (χ4v) is 1.92. The molecule has 0 aromatic heterocycles. The molecule has 0 saturated carbocycles. The molecule has 0 atom stereocenters. The van der Waals surface area contributed by atoms with Gasteiger partial charge in [-0.05, 0) is 34.4 Å². The van der Waals surface area contributed by atoms with Crippen LogP contribution < -0.4 is 17.2 Å². The van der Waals surface area contributed by atoms with Crippen LogP contribution in [0.5, 0.6) is 5.75 Å². The van der Waals surface area contributed by atoms with Gasteiger partial charge in [-0.2, -0.15) is 0 Å². The summed E-state index contributed by atoms with van der Waals surface area (Å²) >= 11 is 0. The number of hydrogen-bond acceptors (Lipinski definition) is 3. The van der Waals surface area contributed by atoms with Gasteiger partial charge in [0.15, 0.2) is 0 Å². The Morgan fingerprint density at radius 2 is 1.72 bits per heavy atom. The Balaban J connectivity index is 2.57. The van der Waals surface area contributed by atoms with Crippen LogP contribution >= 0.6 is 0 Å². The number of benzene rings is 2. The van der Waals surface area contributed by atoms with Gasteiger partial charge in [0.1, 0.15) is 5.69 Å². The van der Waals surface area contributed by atoms with Crippen molar-refractivity contribution < 1.29 is 5.11 Å². The molecule has 2 rings (SSSR count). The maximum atomic E-state index is 7.75. The molecule has 0 heterocycles. The first kappa shape index (κ1) is 12.4. The summed E-state index contributed by atoms with van der Waals surface area (Å²) in [5, 5.41) is 7.75. The van der Waals surface area contributed by atoms with Crippen LogP contribution in [-0.2, 0) is 13.1 Å². The minimum absolute atomic E-state index is 0.327. The summed E-state index contributed by atoms with van der Waals surface area (Å²) in [6.45, 7) is 0.943. The van der Waals surface area contributed by atoms with Gasteiger partial charge in [0, 0.05) is 19.2 Å². The molecular weight excluding hydrogens is 226 g/mol. The molecule has 18 heavy (non-hydrogen) atoms. The van der Waals surface area contributed by atoms with Crippen molar-refractivity contribution in [3.63, 3.8) is 0 Å². The highest BCUT2D eigenvalue weighted by Crippen LogP contribution is 2.30. The summed E-state index contributed by atoms with van der Waals surface area (Å²) in [6.07, 6.45) is 0. The SMILES string of the molecule is NCc1ccc(CN)c(-c2ccc(N)c([OH2+])c2)c1. The number of nitrogen functional groups attached to an aromatic ring is 1. The molecule has 2 aromatic rings. The summed E-state index contributed by atoms with van der Waals surface area (Å²) < 4.78 is 0. The first-order valence-corrected chi connectivity index (χ1v) is 5.79. The molecule has 0 radical (unpaired) electrons. The van der Waals surface area contributed by atoms with Crippen molar-refractivity contribution in [3.05, 3.63) is 47.5 Å². The second-order valence-electron chi connectivity index (χ2n) is 4.20. The predicted octanol–water partition coefficient (Wildman–Crippen LogP) is 1.29. The lowest BCUT2D eigenvalue weighted by molar-refractivity contribution is 0.478. The first-order valence-electron chi connectivity index (χ1n) is 5.79. The quantitative estimate of drug-likeness (QED) is 0.560. The van der Waals surface area contributed by atoms with Crippen molar-refractivity contribution in [2.45, 2.75) is 13.1 Å². The van der Waals surface area contributed by atoms with Crippen molar-refractivity contribution in [1.29, 1.82) is 0 Å². The van der Waals surface area contributed by atoms with Gasteiger partial charge >= 0.3 is 0 Å². The van der Waals surface area contributed by atoms with Gasteiger partial charge in [0.05, 0.1) is 0 Å². The third-order valence-electron chi connectivity index (χ3n) is 2.99. The van der Waals surface area contributed by atoms with Gasteiger partial charge in [-0.25, -0.2) is 0 Å². The monoisotopic (exact) mass is 244 g/mol. The van der Waals surface area contributed by atoms with Crippen molar-refractivity contribution in [2.24, 2.45) is 11.5 Å². The zero-order chi connectivity index (χ0) is 13.1. The van der Waals surface area contributed by atoms with Gasteiger partial charge in [-0.1, -0.05) is 18.2 Å². The van der Waals surface area contributed by atoms with Crippen LogP contribution in [0.3, 0.4) is 0 Å². The van der Waals surface area contributed by atoms with Crippen LogP contribution in [0.15, 0.2) is 36.4 Å². The van der Waals surface area contributed by atoms with E-state index < -0.39 is 0 Å². The molecule has 0 aliphatic heterocycles. The molecule has 0 spiro atoms. The molecule has 0 fully saturated rings. The van der Waals surface area contributed by atoms with E-state index in [0.29, 0.717) is 24.5 Å². The topological polar surface area (TPSA) is 101 Å². The second kappa shape index (κ2) is 5.08. The summed E-state index contributed by atoms with van der Waals surface area (Å²) in [4.78, 5) is 0.